The minimum absolute atomic E-state index is 0.269. The summed E-state index contributed by atoms with van der Waals surface area (Å²) < 4.78 is 1.96. The largest absolute Gasteiger partial charge is 0.327 e. The summed E-state index contributed by atoms with van der Waals surface area (Å²) in [6, 6.07) is 8.68. The lowest BCUT2D eigenvalue weighted by Gasteiger charge is -2.17. The third-order valence-electron chi connectivity index (χ3n) is 4.27. The van der Waals surface area contributed by atoms with Crippen molar-refractivity contribution < 1.29 is 0 Å². The van der Waals surface area contributed by atoms with Gasteiger partial charge >= 0.3 is 0 Å². The average molecular weight is 243 g/mol. The fraction of sp³-hybridized carbons (Fsp3) is 0.533. The van der Waals surface area contributed by atoms with Gasteiger partial charge in [-0.2, -0.15) is 5.10 Å². The maximum atomic E-state index is 6.36. The van der Waals surface area contributed by atoms with Crippen molar-refractivity contribution in [1.29, 1.82) is 0 Å². The molecule has 1 heterocycles. The molecule has 1 unspecified atom stereocenters. The molecule has 1 fully saturated rings. The molecule has 2 aromatic rings. The summed E-state index contributed by atoms with van der Waals surface area (Å²) in [6.45, 7) is 0. The number of hydrogen-bond acceptors (Lipinski definition) is 2. The van der Waals surface area contributed by atoms with E-state index in [1.54, 1.807) is 0 Å². The molecule has 0 radical (unpaired) electrons. The van der Waals surface area contributed by atoms with E-state index in [1.165, 1.54) is 36.6 Å². The molecule has 0 saturated heterocycles. The SMILES string of the molecule is Cn1nc(CC(N)C2CCCC2)c2ccccc21. The van der Waals surface area contributed by atoms with Crippen molar-refractivity contribution in [3.05, 3.63) is 30.0 Å². The fourth-order valence-electron chi connectivity index (χ4n) is 3.21. The molecular formula is C15H21N3. The van der Waals surface area contributed by atoms with E-state index >= 15 is 0 Å². The Balaban J connectivity index is 1.86. The van der Waals surface area contributed by atoms with Gasteiger partial charge in [0.25, 0.3) is 0 Å². The molecule has 0 amide bonds. The van der Waals surface area contributed by atoms with E-state index in [9.17, 15) is 0 Å². The van der Waals surface area contributed by atoms with Crippen LogP contribution in [0.4, 0.5) is 0 Å². The van der Waals surface area contributed by atoms with E-state index in [0.717, 1.165) is 12.1 Å². The van der Waals surface area contributed by atoms with Crippen molar-refractivity contribution >= 4 is 10.9 Å². The van der Waals surface area contributed by atoms with E-state index in [0.29, 0.717) is 5.92 Å². The molecule has 1 atom stereocenters. The number of nitrogens with zero attached hydrogens (tertiary/aromatic N) is 2. The molecule has 3 rings (SSSR count). The zero-order valence-electron chi connectivity index (χ0n) is 11.0. The molecule has 0 aliphatic heterocycles. The highest BCUT2D eigenvalue weighted by Crippen LogP contribution is 2.29. The topological polar surface area (TPSA) is 43.8 Å². The number of fused-ring (bicyclic) bond motifs is 1. The van der Waals surface area contributed by atoms with Crippen LogP contribution in [0.15, 0.2) is 24.3 Å². The third kappa shape index (κ3) is 2.03. The molecule has 2 N–H and O–H groups in total. The van der Waals surface area contributed by atoms with E-state index in [4.69, 9.17) is 5.73 Å². The molecule has 0 bridgehead atoms. The highest BCUT2D eigenvalue weighted by Gasteiger charge is 2.23. The zero-order valence-corrected chi connectivity index (χ0v) is 11.0. The van der Waals surface area contributed by atoms with Crippen molar-refractivity contribution in [1.82, 2.24) is 9.78 Å². The molecule has 1 aliphatic carbocycles. The second-order valence-corrected chi connectivity index (χ2v) is 5.50. The summed E-state index contributed by atoms with van der Waals surface area (Å²) >= 11 is 0. The second-order valence-electron chi connectivity index (χ2n) is 5.50. The molecule has 0 spiro atoms. The average Bonchev–Trinajstić information content (AvgIpc) is 3.00. The molecule has 18 heavy (non-hydrogen) atoms. The Labute approximate surface area is 108 Å². The molecule has 1 aliphatic rings. The Morgan fingerprint density at radius 3 is 2.83 bits per heavy atom. The first-order chi connectivity index (χ1) is 8.75. The second kappa shape index (κ2) is 4.73. The summed E-state index contributed by atoms with van der Waals surface area (Å²) in [5, 5.41) is 5.90. The number of benzene rings is 1. The molecule has 1 aromatic carbocycles. The summed E-state index contributed by atoms with van der Waals surface area (Å²) in [5.41, 5.74) is 8.72. The number of aryl methyl sites for hydroxylation is 1. The van der Waals surface area contributed by atoms with Gasteiger partial charge in [-0.3, -0.25) is 4.68 Å². The van der Waals surface area contributed by atoms with Crippen molar-refractivity contribution in [3.8, 4) is 0 Å². The lowest BCUT2D eigenvalue weighted by atomic mass is 9.94. The predicted molar refractivity (Wildman–Crippen MR) is 74.4 cm³/mol. The number of aromatic nitrogens is 2. The van der Waals surface area contributed by atoms with Gasteiger partial charge in [0.1, 0.15) is 0 Å². The third-order valence-corrected chi connectivity index (χ3v) is 4.27. The van der Waals surface area contributed by atoms with Gasteiger partial charge in [-0.05, 0) is 24.8 Å². The van der Waals surface area contributed by atoms with Crippen LogP contribution in [0.3, 0.4) is 0 Å². The molecule has 3 heteroatoms. The lowest BCUT2D eigenvalue weighted by Crippen LogP contribution is -2.30. The zero-order chi connectivity index (χ0) is 12.5. The highest BCUT2D eigenvalue weighted by molar-refractivity contribution is 5.81. The van der Waals surface area contributed by atoms with Gasteiger partial charge in [0.15, 0.2) is 0 Å². The number of rotatable bonds is 3. The van der Waals surface area contributed by atoms with Crippen molar-refractivity contribution in [3.63, 3.8) is 0 Å². The van der Waals surface area contributed by atoms with E-state index < -0.39 is 0 Å². The minimum atomic E-state index is 0.269. The normalized spacial score (nSPS) is 18.6. The van der Waals surface area contributed by atoms with Crippen LogP contribution < -0.4 is 5.73 Å². The van der Waals surface area contributed by atoms with Crippen LogP contribution in [-0.2, 0) is 13.5 Å². The summed E-state index contributed by atoms with van der Waals surface area (Å²) in [6.07, 6.45) is 6.20. The highest BCUT2D eigenvalue weighted by atomic mass is 15.3. The van der Waals surface area contributed by atoms with Crippen LogP contribution in [0.5, 0.6) is 0 Å². The van der Waals surface area contributed by atoms with Gasteiger partial charge in [0.05, 0.1) is 11.2 Å². The van der Waals surface area contributed by atoms with Crippen molar-refractivity contribution in [2.45, 2.75) is 38.1 Å². The lowest BCUT2D eigenvalue weighted by molar-refractivity contribution is 0.426. The van der Waals surface area contributed by atoms with Crippen LogP contribution in [0.1, 0.15) is 31.4 Å². The predicted octanol–water partition coefficient (Wildman–Crippen LogP) is 2.63. The van der Waals surface area contributed by atoms with Crippen LogP contribution in [0, 0.1) is 5.92 Å². The van der Waals surface area contributed by atoms with E-state index in [-0.39, 0.29) is 6.04 Å². The number of nitrogens with two attached hydrogens (primary N) is 1. The maximum Gasteiger partial charge on any atom is 0.0718 e. The Morgan fingerprint density at radius 1 is 1.33 bits per heavy atom. The first kappa shape index (κ1) is 11.7. The molecule has 96 valence electrons. The molecule has 3 nitrogen and oxygen atoms in total. The van der Waals surface area contributed by atoms with Gasteiger partial charge in [-0.25, -0.2) is 0 Å². The molecule has 1 aromatic heterocycles. The maximum absolute atomic E-state index is 6.36. The van der Waals surface area contributed by atoms with E-state index in [1.807, 2.05) is 11.7 Å². The van der Waals surface area contributed by atoms with Crippen LogP contribution >= 0.6 is 0 Å². The van der Waals surface area contributed by atoms with Gasteiger partial charge in [0, 0.05) is 24.9 Å². The van der Waals surface area contributed by atoms with E-state index in [2.05, 4.69) is 29.4 Å². The Morgan fingerprint density at radius 2 is 2.06 bits per heavy atom. The first-order valence-electron chi connectivity index (χ1n) is 6.92. The summed E-state index contributed by atoms with van der Waals surface area (Å²) in [7, 11) is 2.01. The molecule has 1 saturated carbocycles. The number of para-hydroxylation sites is 1. The fourth-order valence-corrected chi connectivity index (χ4v) is 3.21. The van der Waals surface area contributed by atoms with Gasteiger partial charge < -0.3 is 5.73 Å². The van der Waals surface area contributed by atoms with Gasteiger partial charge in [-0.15, -0.1) is 0 Å². The summed E-state index contributed by atoms with van der Waals surface area (Å²) in [4.78, 5) is 0. The van der Waals surface area contributed by atoms with Gasteiger partial charge in [-0.1, -0.05) is 31.0 Å². The Kier molecular flexibility index (Phi) is 3.08. The standard InChI is InChI=1S/C15H21N3/c1-18-15-9-5-4-8-12(15)14(17-18)10-13(16)11-6-2-3-7-11/h4-5,8-9,11,13H,2-3,6-7,10,16H2,1H3. The number of hydrogen-bond donors (Lipinski definition) is 1. The van der Waals surface area contributed by atoms with Crippen molar-refractivity contribution in [2.24, 2.45) is 18.7 Å². The van der Waals surface area contributed by atoms with Crippen LogP contribution in [0.25, 0.3) is 10.9 Å². The van der Waals surface area contributed by atoms with Crippen LogP contribution in [-0.4, -0.2) is 15.8 Å². The first-order valence-corrected chi connectivity index (χ1v) is 6.92. The van der Waals surface area contributed by atoms with Gasteiger partial charge in [0.2, 0.25) is 0 Å². The Bertz CT molecular complexity index is 538. The Hall–Kier alpha value is -1.35. The quantitative estimate of drug-likeness (QED) is 0.900. The van der Waals surface area contributed by atoms with Crippen molar-refractivity contribution in [2.75, 3.05) is 0 Å². The molecular weight excluding hydrogens is 222 g/mol. The van der Waals surface area contributed by atoms with Crippen LogP contribution in [0.2, 0.25) is 0 Å². The smallest absolute Gasteiger partial charge is 0.0718 e. The monoisotopic (exact) mass is 243 g/mol. The summed E-state index contributed by atoms with van der Waals surface area (Å²) in [5.74, 6) is 0.700. The minimum Gasteiger partial charge on any atom is -0.327 e.